The normalized spacial score (nSPS) is 15.9. The van der Waals surface area contributed by atoms with E-state index in [-0.39, 0.29) is 0 Å². The van der Waals surface area contributed by atoms with E-state index >= 15 is 0 Å². The summed E-state index contributed by atoms with van der Waals surface area (Å²) in [5, 5.41) is 0. The molecule has 0 aromatic heterocycles. The fourth-order valence-electron chi connectivity index (χ4n) is 2.45. The molecular weight excluding hydrogens is 326 g/mol. The van der Waals surface area contributed by atoms with E-state index in [0.29, 0.717) is 31.1 Å². The first-order valence-electron chi connectivity index (χ1n) is 8.56. The van der Waals surface area contributed by atoms with Crippen LogP contribution in [0.15, 0.2) is 29.2 Å². The van der Waals surface area contributed by atoms with Crippen molar-refractivity contribution < 1.29 is 18.4 Å². The summed E-state index contributed by atoms with van der Waals surface area (Å²) >= 11 is 0. The molecule has 0 saturated heterocycles. The van der Waals surface area contributed by atoms with Gasteiger partial charge in [0.2, 0.25) is 0 Å². The summed E-state index contributed by atoms with van der Waals surface area (Å²) < 4.78 is 33.6. The Bertz CT molecular complexity index is 503. The van der Waals surface area contributed by atoms with Gasteiger partial charge in [0.1, 0.15) is 16.5 Å². The summed E-state index contributed by atoms with van der Waals surface area (Å²) in [6.07, 6.45) is 0.616. The highest BCUT2D eigenvalue weighted by Crippen LogP contribution is 2.33. The summed E-state index contributed by atoms with van der Waals surface area (Å²) in [5.41, 5.74) is 0.339. The van der Waals surface area contributed by atoms with E-state index in [1.807, 2.05) is 65.8 Å². The van der Waals surface area contributed by atoms with Crippen molar-refractivity contribution >= 4 is 11.0 Å². The SMILES string of the molecule is CCOC(OCC)(OCC)[C@@](C)(CC)N[S@](=O)c1ccc(C)cc1. The van der Waals surface area contributed by atoms with E-state index in [1.165, 1.54) is 0 Å². The lowest BCUT2D eigenvalue weighted by Crippen LogP contribution is -2.65. The lowest BCUT2D eigenvalue weighted by atomic mass is 9.96. The maximum absolute atomic E-state index is 12.8. The zero-order valence-electron chi connectivity index (χ0n) is 15.7. The second kappa shape index (κ2) is 9.63. The molecule has 0 saturated carbocycles. The molecule has 0 radical (unpaired) electrons. The summed E-state index contributed by atoms with van der Waals surface area (Å²) in [6.45, 7) is 12.8. The Morgan fingerprint density at radius 1 is 0.958 bits per heavy atom. The number of hydrogen-bond donors (Lipinski definition) is 1. The lowest BCUT2D eigenvalue weighted by molar-refractivity contribution is -0.406. The highest BCUT2D eigenvalue weighted by Gasteiger charge is 2.52. The average Bonchev–Trinajstić information content (AvgIpc) is 2.55. The number of nitrogens with one attached hydrogen (secondary N) is 1. The maximum atomic E-state index is 12.8. The number of benzene rings is 1. The van der Waals surface area contributed by atoms with Crippen LogP contribution in [-0.2, 0) is 25.2 Å². The molecule has 0 spiro atoms. The smallest absolute Gasteiger partial charge is 0.302 e. The van der Waals surface area contributed by atoms with Gasteiger partial charge in [0.05, 0.1) is 4.90 Å². The zero-order chi connectivity index (χ0) is 18.2. The van der Waals surface area contributed by atoms with Gasteiger partial charge in [-0.2, -0.15) is 0 Å². The van der Waals surface area contributed by atoms with Crippen molar-refractivity contribution in [3.05, 3.63) is 29.8 Å². The molecule has 0 unspecified atom stereocenters. The fraction of sp³-hybridized carbons (Fsp3) is 0.667. The Balaban J connectivity index is 3.14. The first-order chi connectivity index (χ1) is 11.4. The quantitative estimate of drug-likeness (QED) is 0.616. The third-order valence-electron chi connectivity index (χ3n) is 3.94. The van der Waals surface area contributed by atoms with Crippen molar-refractivity contribution in [1.29, 1.82) is 0 Å². The van der Waals surface area contributed by atoms with Gasteiger partial charge in [0.25, 0.3) is 0 Å². The molecule has 24 heavy (non-hydrogen) atoms. The Morgan fingerprint density at radius 2 is 1.42 bits per heavy atom. The van der Waals surface area contributed by atoms with Gasteiger partial charge in [-0.1, -0.05) is 24.6 Å². The standard InChI is InChI=1S/C18H31NO4S/c1-7-17(6,18(21-8-2,22-9-3)23-10-4)19-24(20)16-13-11-15(5)12-14-16/h11-14,19H,7-10H2,1-6H3/t17-,24-/m1/s1. The van der Waals surface area contributed by atoms with Crippen LogP contribution >= 0.6 is 0 Å². The minimum atomic E-state index is -1.41. The van der Waals surface area contributed by atoms with Gasteiger partial charge >= 0.3 is 5.97 Å². The van der Waals surface area contributed by atoms with Crippen LogP contribution < -0.4 is 4.72 Å². The van der Waals surface area contributed by atoms with Crippen molar-refractivity contribution in [3.63, 3.8) is 0 Å². The van der Waals surface area contributed by atoms with Crippen LogP contribution in [0.3, 0.4) is 0 Å². The van der Waals surface area contributed by atoms with Gasteiger partial charge in [0, 0.05) is 19.8 Å². The molecule has 1 aromatic rings. The second-order valence-electron chi connectivity index (χ2n) is 5.72. The molecule has 0 bridgehead atoms. The largest absolute Gasteiger partial charge is 0.326 e. The number of aryl methyl sites for hydroxylation is 1. The summed E-state index contributed by atoms with van der Waals surface area (Å²) in [7, 11) is -1.41. The third kappa shape index (κ3) is 4.86. The molecule has 138 valence electrons. The monoisotopic (exact) mass is 357 g/mol. The number of rotatable bonds is 11. The highest BCUT2D eigenvalue weighted by molar-refractivity contribution is 7.83. The molecule has 0 aliphatic carbocycles. The van der Waals surface area contributed by atoms with Crippen LogP contribution in [0, 0.1) is 6.92 Å². The van der Waals surface area contributed by atoms with Crippen LogP contribution in [0.4, 0.5) is 0 Å². The highest BCUT2D eigenvalue weighted by atomic mass is 32.2. The first kappa shape index (κ1) is 21.3. The maximum Gasteiger partial charge on any atom is 0.302 e. The molecule has 1 aromatic carbocycles. The first-order valence-corrected chi connectivity index (χ1v) is 9.71. The average molecular weight is 358 g/mol. The van der Waals surface area contributed by atoms with Gasteiger partial charge in [-0.05, 0) is 53.2 Å². The van der Waals surface area contributed by atoms with Gasteiger partial charge in [-0.15, -0.1) is 0 Å². The minimum Gasteiger partial charge on any atom is -0.326 e. The van der Waals surface area contributed by atoms with Crippen LogP contribution in [0.2, 0.25) is 0 Å². The van der Waals surface area contributed by atoms with Crippen LogP contribution in [-0.4, -0.2) is 35.5 Å². The molecule has 0 aliphatic heterocycles. The summed E-state index contributed by atoms with van der Waals surface area (Å²) in [6, 6.07) is 7.61. The molecule has 0 heterocycles. The number of ether oxygens (including phenoxy) is 3. The van der Waals surface area contributed by atoms with Crippen molar-refractivity contribution in [1.82, 2.24) is 4.72 Å². The molecule has 0 amide bonds. The summed E-state index contributed by atoms with van der Waals surface area (Å²) in [4.78, 5) is 0.707. The van der Waals surface area contributed by atoms with Gasteiger partial charge in [-0.25, -0.2) is 8.93 Å². The molecule has 0 aliphatic rings. The molecule has 2 atom stereocenters. The van der Waals surface area contributed by atoms with E-state index in [0.717, 1.165) is 5.56 Å². The predicted molar refractivity (Wildman–Crippen MR) is 97.0 cm³/mol. The molecule has 1 rings (SSSR count). The van der Waals surface area contributed by atoms with Gasteiger partial charge < -0.3 is 14.2 Å². The lowest BCUT2D eigenvalue weighted by Gasteiger charge is -2.45. The van der Waals surface area contributed by atoms with E-state index in [1.54, 1.807) is 0 Å². The Morgan fingerprint density at radius 3 is 1.79 bits per heavy atom. The van der Waals surface area contributed by atoms with Crippen LogP contribution in [0.1, 0.15) is 46.6 Å². The van der Waals surface area contributed by atoms with Crippen molar-refractivity contribution in [2.24, 2.45) is 0 Å². The van der Waals surface area contributed by atoms with E-state index in [9.17, 15) is 4.21 Å². The van der Waals surface area contributed by atoms with Crippen molar-refractivity contribution in [3.8, 4) is 0 Å². The van der Waals surface area contributed by atoms with Crippen LogP contribution in [0.25, 0.3) is 0 Å². The van der Waals surface area contributed by atoms with E-state index in [4.69, 9.17) is 14.2 Å². The zero-order valence-corrected chi connectivity index (χ0v) is 16.5. The second-order valence-corrected chi connectivity index (χ2v) is 6.94. The van der Waals surface area contributed by atoms with Crippen molar-refractivity contribution in [2.45, 2.75) is 64.4 Å². The molecule has 5 nitrogen and oxygen atoms in total. The minimum absolute atomic E-state index is 0.425. The molecule has 6 heteroatoms. The van der Waals surface area contributed by atoms with Crippen LogP contribution in [0.5, 0.6) is 0 Å². The Labute approximate surface area is 148 Å². The predicted octanol–water partition coefficient (Wildman–Crippen LogP) is 3.54. The van der Waals surface area contributed by atoms with E-state index in [2.05, 4.69) is 4.72 Å². The molecular formula is C18H31NO4S. The topological polar surface area (TPSA) is 56.8 Å². The number of hydrogen-bond acceptors (Lipinski definition) is 4. The molecule has 0 fully saturated rings. The molecule has 1 N–H and O–H groups in total. The Kier molecular flexibility index (Phi) is 8.53. The third-order valence-corrected chi connectivity index (χ3v) is 5.28. The Hall–Kier alpha value is -0.790. The fourth-order valence-corrected chi connectivity index (χ4v) is 3.63. The van der Waals surface area contributed by atoms with Gasteiger partial charge in [0.15, 0.2) is 0 Å². The van der Waals surface area contributed by atoms with Crippen molar-refractivity contribution in [2.75, 3.05) is 19.8 Å². The van der Waals surface area contributed by atoms with E-state index < -0.39 is 22.5 Å². The van der Waals surface area contributed by atoms with Gasteiger partial charge in [-0.3, -0.25) is 0 Å². The summed E-state index contributed by atoms with van der Waals surface area (Å²) in [5.74, 6) is -1.29.